The van der Waals surface area contributed by atoms with Gasteiger partial charge in [0.25, 0.3) is 11.1 Å². The molecule has 2 heterocycles. The van der Waals surface area contributed by atoms with Gasteiger partial charge in [-0.15, -0.1) is 0 Å². The molecular weight excluding hydrogens is 368 g/mol. The number of carbonyl (C=O) groups is 3. The van der Waals surface area contributed by atoms with Crippen LogP contribution in [-0.4, -0.2) is 35.6 Å². The average Bonchev–Trinajstić information content (AvgIpc) is 3.18. The first-order valence-corrected chi connectivity index (χ1v) is 8.99. The molecule has 1 saturated heterocycles. The van der Waals surface area contributed by atoms with Crippen molar-refractivity contribution in [2.24, 2.45) is 0 Å². The van der Waals surface area contributed by atoms with Gasteiger partial charge < -0.3 is 14.5 Å². The SMILES string of the molecule is COc1ccc(CNC(=O)CN2C(=O)S/C(=C\c3ccc(C)o3)C2=O)cc1. The molecule has 3 rings (SSSR count). The highest BCUT2D eigenvalue weighted by atomic mass is 32.2. The first kappa shape index (κ1) is 18.8. The van der Waals surface area contributed by atoms with E-state index in [2.05, 4.69) is 5.32 Å². The zero-order chi connectivity index (χ0) is 19.4. The second-order valence-electron chi connectivity index (χ2n) is 5.84. The maximum absolute atomic E-state index is 12.4. The summed E-state index contributed by atoms with van der Waals surface area (Å²) in [5, 5.41) is 2.22. The van der Waals surface area contributed by atoms with E-state index in [4.69, 9.17) is 9.15 Å². The van der Waals surface area contributed by atoms with E-state index >= 15 is 0 Å². The molecule has 0 aliphatic carbocycles. The van der Waals surface area contributed by atoms with Crippen molar-refractivity contribution in [3.8, 4) is 5.75 Å². The monoisotopic (exact) mass is 386 g/mol. The second-order valence-corrected chi connectivity index (χ2v) is 6.83. The average molecular weight is 386 g/mol. The first-order valence-electron chi connectivity index (χ1n) is 8.17. The number of imide groups is 1. The lowest BCUT2D eigenvalue weighted by Crippen LogP contribution is -2.39. The lowest BCUT2D eigenvalue weighted by Gasteiger charge is -2.12. The number of aryl methyl sites for hydroxylation is 1. The Kier molecular flexibility index (Phi) is 5.66. The van der Waals surface area contributed by atoms with Crippen LogP contribution < -0.4 is 10.1 Å². The molecule has 0 saturated carbocycles. The molecule has 1 N–H and O–H groups in total. The minimum absolute atomic E-state index is 0.234. The summed E-state index contributed by atoms with van der Waals surface area (Å²) in [6.07, 6.45) is 1.51. The molecule has 1 aromatic carbocycles. The minimum atomic E-state index is -0.501. The Balaban J connectivity index is 1.57. The first-order chi connectivity index (χ1) is 13.0. The second kappa shape index (κ2) is 8.13. The number of amides is 3. The summed E-state index contributed by atoms with van der Waals surface area (Å²) < 4.78 is 10.5. The van der Waals surface area contributed by atoms with Crippen LogP contribution in [0.2, 0.25) is 0 Å². The van der Waals surface area contributed by atoms with Crippen LogP contribution in [0.15, 0.2) is 45.7 Å². The Labute approximate surface area is 160 Å². The van der Waals surface area contributed by atoms with Crippen molar-refractivity contribution in [3.05, 3.63) is 58.4 Å². The minimum Gasteiger partial charge on any atom is -0.497 e. The van der Waals surface area contributed by atoms with Gasteiger partial charge in [-0.05, 0) is 48.5 Å². The third-order valence-corrected chi connectivity index (χ3v) is 4.77. The predicted molar refractivity (Wildman–Crippen MR) is 101 cm³/mol. The van der Waals surface area contributed by atoms with Crippen molar-refractivity contribution in [1.29, 1.82) is 0 Å². The highest BCUT2D eigenvalue weighted by Crippen LogP contribution is 2.32. The van der Waals surface area contributed by atoms with Crippen molar-refractivity contribution in [2.75, 3.05) is 13.7 Å². The Bertz CT molecular complexity index is 901. The maximum atomic E-state index is 12.4. The molecule has 1 aliphatic heterocycles. The number of nitrogens with zero attached hydrogens (tertiary/aromatic N) is 1. The van der Waals surface area contributed by atoms with E-state index < -0.39 is 17.1 Å². The number of methoxy groups -OCH3 is 1. The number of hydrogen-bond acceptors (Lipinski definition) is 6. The fourth-order valence-electron chi connectivity index (χ4n) is 2.44. The normalized spacial score (nSPS) is 15.5. The van der Waals surface area contributed by atoms with E-state index in [-0.39, 0.29) is 11.4 Å². The third-order valence-electron chi connectivity index (χ3n) is 3.86. The molecule has 3 amide bonds. The van der Waals surface area contributed by atoms with Crippen LogP contribution in [0.25, 0.3) is 6.08 Å². The molecule has 0 atom stereocenters. The zero-order valence-corrected chi connectivity index (χ0v) is 15.7. The third kappa shape index (κ3) is 4.59. The summed E-state index contributed by atoms with van der Waals surface area (Å²) in [7, 11) is 1.58. The summed E-state index contributed by atoms with van der Waals surface area (Å²) in [5.74, 6) is 1.00. The van der Waals surface area contributed by atoms with E-state index in [1.807, 2.05) is 12.1 Å². The number of nitrogens with one attached hydrogen (secondary N) is 1. The molecule has 0 radical (unpaired) electrons. The van der Waals surface area contributed by atoms with Gasteiger partial charge in [0.1, 0.15) is 23.8 Å². The fourth-order valence-corrected chi connectivity index (χ4v) is 3.26. The number of ether oxygens (including phenoxy) is 1. The van der Waals surface area contributed by atoms with Gasteiger partial charge in [0.15, 0.2) is 0 Å². The van der Waals surface area contributed by atoms with E-state index in [0.717, 1.165) is 28.0 Å². The molecule has 7 nitrogen and oxygen atoms in total. The number of carbonyl (C=O) groups excluding carboxylic acids is 3. The summed E-state index contributed by atoms with van der Waals surface area (Å²) in [6.45, 7) is 1.76. The van der Waals surface area contributed by atoms with Crippen molar-refractivity contribution >= 4 is 34.9 Å². The van der Waals surface area contributed by atoms with Crippen LogP contribution in [0.5, 0.6) is 5.75 Å². The van der Waals surface area contributed by atoms with Gasteiger partial charge >= 0.3 is 0 Å². The fraction of sp³-hybridized carbons (Fsp3) is 0.211. The molecule has 1 aromatic heterocycles. The standard InChI is InChI=1S/C19H18N2O5S/c1-12-3-6-15(26-12)9-16-18(23)21(19(24)27-16)11-17(22)20-10-13-4-7-14(25-2)8-5-13/h3-9H,10-11H2,1-2H3,(H,20,22)/b16-9-. The molecular formula is C19H18N2O5S. The Hall–Kier alpha value is -3.00. The number of furan rings is 1. The van der Waals surface area contributed by atoms with Crippen molar-refractivity contribution in [1.82, 2.24) is 10.2 Å². The quantitative estimate of drug-likeness (QED) is 0.768. The van der Waals surface area contributed by atoms with Gasteiger partial charge in [-0.1, -0.05) is 12.1 Å². The maximum Gasteiger partial charge on any atom is 0.294 e. The van der Waals surface area contributed by atoms with Crippen molar-refractivity contribution < 1.29 is 23.5 Å². The molecule has 1 aliphatic rings. The highest BCUT2D eigenvalue weighted by molar-refractivity contribution is 8.18. The molecule has 0 bridgehead atoms. The molecule has 0 unspecified atom stereocenters. The van der Waals surface area contributed by atoms with E-state index in [1.165, 1.54) is 6.08 Å². The van der Waals surface area contributed by atoms with E-state index in [9.17, 15) is 14.4 Å². The predicted octanol–water partition coefficient (Wildman–Crippen LogP) is 2.95. The van der Waals surface area contributed by atoms with Crippen LogP contribution in [0.4, 0.5) is 4.79 Å². The van der Waals surface area contributed by atoms with Gasteiger partial charge in [-0.3, -0.25) is 19.3 Å². The highest BCUT2D eigenvalue weighted by Gasteiger charge is 2.36. The number of rotatable bonds is 6. The van der Waals surface area contributed by atoms with E-state index in [0.29, 0.717) is 18.1 Å². The molecule has 8 heteroatoms. The van der Waals surface area contributed by atoms with Crippen LogP contribution >= 0.6 is 11.8 Å². The lowest BCUT2D eigenvalue weighted by molar-refractivity contribution is -0.129. The van der Waals surface area contributed by atoms with Crippen LogP contribution in [-0.2, 0) is 16.1 Å². The molecule has 27 heavy (non-hydrogen) atoms. The Morgan fingerprint density at radius 3 is 2.59 bits per heavy atom. The number of benzene rings is 1. The van der Waals surface area contributed by atoms with Crippen LogP contribution in [0, 0.1) is 6.92 Å². The van der Waals surface area contributed by atoms with Crippen molar-refractivity contribution in [2.45, 2.75) is 13.5 Å². The molecule has 140 valence electrons. The zero-order valence-electron chi connectivity index (χ0n) is 14.9. The summed E-state index contributed by atoms with van der Waals surface area (Å²) in [5.41, 5.74) is 0.881. The molecule has 0 spiro atoms. The van der Waals surface area contributed by atoms with E-state index in [1.54, 1.807) is 38.3 Å². The molecule has 2 aromatic rings. The van der Waals surface area contributed by atoms with Crippen molar-refractivity contribution in [3.63, 3.8) is 0 Å². The van der Waals surface area contributed by atoms with Crippen LogP contribution in [0.1, 0.15) is 17.1 Å². The smallest absolute Gasteiger partial charge is 0.294 e. The van der Waals surface area contributed by atoms with Gasteiger partial charge in [-0.2, -0.15) is 0 Å². The summed E-state index contributed by atoms with van der Waals surface area (Å²) in [4.78, 5) is 37.7. The van der Waals surface area contributed by atoms with Crippen LogP contribution in [0.3, 0.4) is 0 Å². The Morgan fingerprint density at radius 2 is 1.96 bits per heavy atom. The van der Waals surface area contributed by atoms with Gasteiger partial charge in [0.2, 0.25) is 5.91 Å². The molecule has 1 fully saturated rings. The Morgan fingerprint density at radius 1 is 1.22 bits per heavy atom. The lowest BCUT2D eigenvalue weighted by atomic mass is 10.2. The van der Waals surface area contributed by atoms with Gasteiger partial charge in [0.05, 0.1) is 12.0 Å². The van der Waals surface area contributed by atoms with Gasteiger partial charge in [0, 0.05) is 12.6 Å². The summed E-state index contributed by atoms with van der Waals surface area (Å²) in [6, 6.07) is 10.7. The largest absolute Gasteiger partial charge is 0.497 e. The topological polar surface area (TPSA) is 88.8 Å². The summed E-state index contributed by atoms with van der Waals surface area (Å²) >= 11 is 0.791. The number of thioether (sulfide) groups is 1. The van der Waals surface area contributed by atoms with Gasteiger partial charge in [-0.25, -0.2) is 0 Å². The number of hydrogen-bond donors (Lipinski definition) is 1.